The zero-order chi connectivity index (χ0) is 16.8. The summed E-state index contributed by atoms with van der Waals surface area (Å²) in [5, 5.41) is 0. The maximum Gasteiger partial charge on any atom is 0.414 e. The van der Waals surface area contributed by atoms with Crippen LogP contribution in [-0.2, 0) is 14.9 Å². The average molecular weight is 386 g/mol. The van der Waals surface area contributed by atoms with Crippen LogP contribution in [0.25, 0.3) is 0 Å². The Hall–Kier alpha value is -1.14. The molecule has 1 saturated heterocycles. The Bertz CT molecular complexity index is 635. The molecule has 0 N–H and O–H groups in total. The first-order valence-electron chi connectivity index (χ1n) is 7.80. The van der Waals surface area contributed by atoms with Crippen molar-refractivity contribution in [2.24, 2.45) is 0 Å². The van der Waals surface area contributed by atoms with Gasteiger partial charge < -0.3 is 9.47 Å². The van der Waals surface area contributed by atoms with Gasteiger partial charge in [0.15, 0.2) is 0 Å². The fourth-order valence-corrected chi connectivity index (χ4v) is 3.83. The number of fused-ring (bicyclic) bond motifs is 2. The lowest BCUT2D eigenvalue weighted by Crippen LogP contribution is -2.42. The molecule has 0 unspecified atom stereocenters. The molecule has 1 fully saturated rings. The van der Waals surface area contributed by atoms with E-state index in [1.54, 1.807) is 11.0 Å². The number of ether oxygens (including phenoxy) is 2. The second-order valence-corrected chi connectivity index (χ2v) is 8.16. The quantitative estimate of drug-likeness (QED) is 0.664. The van der Waals surface area contributed by atoms with Crippen LogP contribution in [-0.4, -0.2) is 31.5 Å². The van der Waals surface area contributed by atoms with E-state index >= 15 is 0 Å². The molecule has 1 amide bonds. The number of amides is 1. The molecule has 0 aromatic heterocycles. The summed E-state index contributed by atoms with van der Waals surface area (Å²) in [6.07, 6.45) is 0.981. The van der Waals surface area contributed by atoms with Crippen molar-refractivity contribution in [3.8, 4) is 0 Å². The minimum atomic E-state index is -0.590. The lowest BCUT2D eigenvalue weighted by molar-refractivity contribution is 0.0468. The molecule has 0 atom stereocenters. The van der Waals surface area contributed by atoms with Gasteiger partial charge in [0.05, 0.1) is 5.69 Å². The van der Waals surface area contributed by atoms with Crippen molar-refractivity contribution in [2.45, 2.75) is 44.6 Å². The summed E-state index contributed by atoms with van der Waals surface area (Å²) < 4.78 is 26.3. The minimum absolute atomic E-state index is 0.276. The number of carbonyl (C=O) groups is 1. The van der Waals surface area contributed by atoms with Gasteiger partial charge in [0.2, 0.25) is 0 Å². The molecule has 0 radical (unpaired) electrons. The molecule has 0 saturated carbocycles. The second-order valence-electron chi connectivity index (χ2n) is 7.24. The number of carbonyl (C=O) groups excluding carboxylic acids is 1. The smallest absolute Gasteiger partial charge is 0.414 e. The fourth-order valence-electron chi connectivity index (χ4n) is 3.41. The molecule has 0 bridgehead atoms. The molecule has 2 aliphatic rings. The molecule has 1 spiro atoms. The van der Waals surface area contributed by atoms with Crippen molar-refractivity contribution in [1.29, 1.82) is 0 Å². The zero-order valence-electron chi connectivity index (χ0n) is 13.6. The molecule has 2 heterocycles. The van der Waals surface area contributed by atoms with Gasteiger partial charge in [-0.2, -0.15) is 0 Å². The number of nitrogens with zero attached hydrogens (tertiary/aromatic N) is 1. The number of hydrogen-bond acceptors (Lipinski definition) is 3. The van der Waals surface area contributed by atoms with Gasteiger partial charge in [-0.15, -0.1) is 0 Å². The second kappa shape index (κ2) is 5.74. The largest absolute Gasteiger partial charge is 0.443 e. The molecule has 23 heavy (non-hydrogen) atoms. The lowest BCUT2D eigenvalue weighted by atomic mass is 9.75. The third-order valence-corrected chi connectivity index (χ3v) is 4.84. The van der Waals surface area contributed by atoms with Crippen LogP contribution in [0.3, 0.4) is 0 Å². The van der Waals surface area contributed by atoms with Crippen LogP contribution in [0, 0.1) is 5.82 Å². The van der Waals surface area contributed by atoms with E-state index in [4.69, 9.17) is 9.47 Å². The van der Waals surface area contributed by atoms with Crippen LogP contribution in [0.2, 0.25) is 0 Å². The Balaban J connectivity index is 2.04. The van der Waals surface area contributed by atoms with Gasteiger partial charge in [-0.25, -0.2) is 9.18 Å². The van der Waals surface area contributed by atoms with Gasteiger partial charge in [0, 0.05) is 35.2 Å². The van der Waals surface area contributed by atoms with E-state index in [-0.39, 0.29) is 11.2 Å². The summed E-state index contributed by atoms with van der Waals surface area (Å²) >= 11 is 3.32. The standard InChI is InChI=1S/C17H21BrFNO3/c1-16(2,3)23-15(21)20-10-17(4-6-22-7-5-17)14-12(19)8-11(18)9-13(14)20/h8-9H,4-7,10H2,1-3H3. The maximum absolute atomic E-state index is 14.7. The topological polar surface area (TPSA) is 38.8 Å². The molecule has 1 aromatic carbocycles. The van der Waals surface area contributed by atoms with Crippen LogP contribution in [0.1, 0.15) is 39.2 Å². The van der Waals surface area contributed by atoms with Crippen LogP contribution in [0.15, 0.2) is 16.6 Å². The Labute approximate surface area is 144 Å². The summed E-state index contributed by atoms with van der Waals surface area (Å²) in [6.45, 7) is 7.08. The van der Waals surface area contributed by atoms with Gasteiger partial charge in [-0.05, 0) is 45.7 Å². The van der Waals surface area contributed by atoms with Crippen molar-refractivity contribution in [3.05, 3.63) is 28.0 Å². The first kappa shape index (κ1) is 16.7. The summed E-state index contributed by atoms with van der Waals surface area (Å²) in [7, 11) is 0. The normalized spacial score (nSPS) is 19.8. The van der Waals surface area contributed by atoms with E-state index in [9.17, 15) is 9.18 Å². The molecular formula is C17H21BrFNO3. The highest BCUT2D eigenvalue weighted by Gasteiger charge is 2.48. The van der Waals surface area contributed by atoms with E-state index in [0.717, 1.165) is 0 Å². The van der Waals surface area contributed by atoms with Crippen molar-refractivity contribution in [3.63, 3.8) is 0 Å². The third-order valence-electron chi connectivity index (χ3n) is 4.38. The van der Waals surface area contributed by atoms with E-state index in [1.165, 1.54) is 6.07 Å². The highest BCUT2D eigenvalue weighted by molar-refractivity contribution is 9.10. The molecule has 3 rings (SSSR count). The summed E-state index contributed by atoms with van der Waals surface area (Å²) in [5.74, 6) is -0.276. The summed E-state index contributed by atoms with van der Waals surface area (Å²) in [4.78, 5) is 14.2. The highest BCUT2D eigenvalue weighted by Crippen LogP contribution is 2.49. The molecule has 126 valence electrons. The monoisotopic (exact) mass is 385 g/mol. The Kier molecular flexibility index (Phi) is 4.17. The van der Waals surface area contributed by atoms with Crippen LogP contribution >= 0.6 is 15.9 Å². The number of hydrogen-bond donors (Lipinski definition) is 0. The summed E-state index contributed by atoms with van der Waals surface area (Å²) in [6, 6.07) is 3.27. The molecule has 0 aliphatic carbocycles. The minimum Gasteiger partial charge on any atom is -0.443 e. The van der Waals surface area contributed by atoms with Crippen molar-refractivity contribution < 1.29 is 18.7 Å². The number of anilines is 1. The van der Waals surface area contributed by atoms with Gasteiger partial charge in [-0.3, -0.25) is 4.90 Å². The predicted molar refractivity (Wildman–Crippen MR) is 89.4 cm³/mol. The highest BCUT2D eigenvalue weighted by atomic mass is 79.9. The molecule has 1 aromatic rings. The van der Waals surface area contributed by atoms with Crippen LogP contribution in [0.5, 0.6) is 0 Å². The Morgan fingerprint density at radius 2 is 2.00 bits per heavy atom. The van der Waals surface area contributed by atoms with Gasteiger partial charge >= 0.3 is 6.09 Å². The third kappa shape index (κ3) is 3.11. The van der Waals surface area contributed by atoms with Crippen molar-refractivity contribution in [1.82, 2.24) is 0 Å². The molecule has 6 heteroatoms. The van der Waals surface area contributed by atoms with Gasteiger partial charge in [0.1, 0.15) is 11.4 Å². The molecule has 2 aliphatic heterocycles. The number of benzene rings is 1. The first-order chi connectivity index (χ1) is 10.7. The lowest BCUT2D eigenvalue weighted by Gasteiger charge is -2.34. The Morgan fingerprint density at radius 1 is 1.35 bits per heavy atom. The fraction of sp³-hybridized carbons (Fsp3) is 0.588. The average Bonchev–Trinajstić information content (AvgIpc) is 2.72. The van der Waals surface area contributed by atoms with E-state index in [2.05, 4.69) is 15.9 Å². The Morgan fingerprint density at radius 3 is 2.61 bits per heavy atom. The molecule has 4 nitrogen and oxygen atoms in total. The maximum atomic E-state index is 14.7. The zero-order valence-corrected chi connectivity index (χ0v) is 15.2. The van der Waals surface area contributed by atoms with Crippen LogP contribution < -0.4 is 4.90 Å². The van der Waals surface area contributed by atoms with E-state index in [1.807, 2.05) is 20.8 Å². The van der Waals surface area contributed by atoms with Crippen molar-refractivity contribution in [2.75, 3.05) is 24.7 Å². The predicted octanol–water partition coefficient (Wildman–Crippen LogP) is 4.39. The SMILES string of the molecule is CC(C)(C)OC(=O)N1CC2(CCOCC2)c2c(F)cc(Br)cc21. The number of halogens is 2. The van der Waals surface area contributed by atoms with Crippen molar-refractivity contribution >= 4 is 27.7 Å². The van der Waals surface area contributed by atoms with Gasteiger partial charge in [-0.1, -0.05) is 15.9 Å². The number of rotatable bonds is 0. The van der Waals surface area contributed by atoms with E-state index < -0.39 is 11.7 Å². The summed E-state index contributed by atoms with van der Waals surface area (Å²) in [5.41, 5.74) is 0.255. The van der Waals surface area contributed by atoms with E-state index in [0.29, 0.717) is 48.3 Å². The van der Waals surface area contributed by atoms with Crippen LogP contribution in [0.4, 0.5) is 14.9 Å². The first-order valence-corrected chi connectivity index (χ1v) is 8.59. The van der Waals surface area contributed by atoms with Gasteiger partial charge in [0.25, 0.3) is 0 Å². The molecular weight excluding hydrogens is 365 g/mol.